The molecule has 2 atom stereocenters. The average molecular weight is 164 g/mol. The van der Waals surface area contributed by atoms with Gasteiger partial charge in [-0.3, -0.25) is 4.79 Å². The first-order valence-electron chi connectivity index (χ1n) is 4.54. The quantitative estimate of drug-likeness (QED) is 0.534. The molecule has 2 unspecified atom stereocenters. The van der Waals surface area contributed by atoms with Gasteiger partial charge in [0.15, 0.2) is 0 Å². The molecule has 2 nitrogen and oxygen atoms in total. The summed E-state index contributed by atoms with van der Waals surface area (Å²) in [6.07, 6.45) is 6.17. The molecule has 1 radical (unpaired) electrons. The fourth-order valence-corrected chi connectivity index (χ4v) is 2.31. The molecule has 2 aliphatic rings. The van der Waals surface area contributed by atoms with Crippen molar-refractivity contribution in [3.05, 3.63) is 19.1 Å². The molecule has 1 aliphatic heterocycles. The van der Waals surface area contributed by atoms with Gasteiger partial charge in [-0.2, -0.15) is 0 Å². The molecular formula is C10H14NO. The first kappa shape index (κ1) is 7.84. The normalized spacial score (nSPS) is 33.5. The molecule has 0 aromatic rings. The van der Waals surface area contributed by atoms with E-state index in [1.807, 2.05) is 4.90 Å². The number of likely N-dealkylation sites (tertiary alicyclic amines) is 1. The van der Waals surface area contributed by atoms with Crippen LogP contribution in [-0.2, 0) is 4.79 Å². The van der Waals surface area contributed by atoms with Crippen LogP contribution >= 0.6 is 0 Å². The molecule has 1 saturated carbocycles. The molecule has 0 aromatic heterocycles. The van der Waals surface area contributed by atoms with Crippen molar-refractivity contribution >= 4 is 5.91 Å². The molecule has 1 amide bonds. The van der Waals surface area contributed by atoms with E-state index >= 15 is 0 Å². The number of amides is 1. The van der Waals surface area contributed by atoms with Gasteiger partial charge < -0.3 is 4.90 Å². The third-order valence-electron chi connectivity index (χ3n) is 3.00. The highest BCUT2D eigenvalue weighted by molar-refractivity contribution is 5.87. The fourth-order valence-electron chi connectivity index (χ4n) is 2.31. The van der Waals surface area contributed by atoms with Gasteiger partial charge >= 0.3 is 0 Å². The Kier molecular flexibility index (Phi) is 1.91. The van der Waals surface area contributed by atoms with Gasteiger partial charge in [-0.05, 0) is 37.2 Å². The summed E-state index contributed by atoms with van der Waals surface area (Å²) in [7, 11) is 0. The Morgan fingerprint density at radius 1 is 1.42 bits per heavy atom. The lowest BCUT2D eigenvalue weighted by Crippen LogP contribution is -2.27. The second-order valence-corrected chi connectivity index (χ2v) is 3.73. The van der Waals surface area contributed by atoms with E-state index in [4.69, 9.17) is 0 Å². The van der Waals surface area contributed by atoms with Crippen LogP contribution in [0.3, 0.4) is 0 Å². The summed E-state index contributed by atoms with van der Waals surface area (Å²) >= 11 is 0. The molecule has 1 aliphatic carbocycles. The van der Waals surface area contributed by atoms with E-state index in [-0.39, 0.29) is 5.91 Å². The van der Waals surface area contributed by atoms with Crippen LogP contribution in [0.2, 0.25) is 0 Å². The Bertz CT molecular complexity index is 200. The van der Waals surface area contributed by atoms with Gasteiger partial charge in [0.25, 0.3) is 0 Å². The molecule has 1 saturated heterocycles. The monoisotopic (exact) mass is 164 g/mol. The summed E-state index contributed by atoms with van der Waals surface area (Å²) in [5.74, 6) is 1.59. The minimum Gasteiger partial charge on any atom is -0.339 e. The van der Waals surface area contributed by atoms with Gasteiger partial charge in [0.2, 0.25) is 5.91 Å². The number of carbonyl (C=O) groups is 1. The zero-order valence-corrected chi connectivity index (χ0v) is 7.20. The van der Waals surface area contributed by atoms with E-state index in [0.717, 1.165) is 24.9 Å². The van der Waals surface area contributed by atoms with Crippen LogP contribution in [0.5, 0.6) is 0 Å². The van der Waals surface area contributed by atoms with Crippen LogP contribution in [0.4, 0.5) is 0 Å². The van der Waals surface area contributed by atoms with Gasteiger partial charge in [0.05, 0.1) is 0 Å². The van der Waals surface area contributed by atoms with E-state index in [9.17, 15) is 4.79 Å². The third-order valence-corrected chi connectivity index (χ3v) is 3.00. The molecule has 12 heavy (non-hydrogen) atoms. The minimum absolute atomic E-state index is 0.101. The third kappa shape index (κ3) is 1.15. The standard InChI is InChI=1S/C10H14NO/c1-2-10(12)11-6-8-4-3-5-9(8)7-11/h2-3,8-9H,1,4-7H2. The molecule has 0 N–H and O–H groups in total. The first-order chi connectivity index (χ1) is 5.81. The summed E-state index contributed by atoms with van der Waals surface area (Å²) in [5.41, 5.74) is 0. The van der Waals surface area contributed by atoms with Crippen molar-refractivity contribution in [3.8, 4) is 0 Å². The lowest BCUT2D eigenvalue weighted by Gasteiger charge is -2.14. The van der Waals surface area contributed by atoms with Crippen LogP contribution in [-0.4, -0.2) is 23.9 Å². The molecule has 1 heterocycles. The van der Waals surface area contributed by atoms with Crippen molar-refractivity contribution in [1.82, 2.24) is 4.90 Å². The van der Waals surface area contributed by atoms with Crippen molar-refractivity contribution in [3.63, 3.8) is 0 Å². The minimum atomic E-state index is 0.101. The van der Waals surface area contributed by atoms with Gasteiger partial charge in [-0.1, -0.05) is 6.58 Å². The van der Waals surface area contributed by atoms with Crippen molar-refractivity contribution in [2.45, 2.75) is 12.8 Å². The van der Waals surface area contributed by atoms with Crippen molar-refractivity contribution in [2.24, 2.45) is 11.8 Å². The van der Waals surface area contributed by atoms with E-state index in [1.54, 1.807) is 0 Å². The van der Waals surface area contributed by atoms with Gasteiger partial charge in [0.1, 0.15) is 0 Å². The maximum atomic E-state index is 11.2. The van der Waals surface area contributed by atoms with Crippen LogP contribution in [0.25, 0.3) is 0 Å². The van der Waals surface area contributed by atoms with Crippen molar-refractivity contribution in [1.29, 1.82) is 0 Å². The molecule has 0 bridgehead atoms. The molecule has 0 spiro atoms. The summed E-state index contributed by atoms with van der Waals surface area (Å²) < 4.78 is 0. The van der Waals surface area contributed by atoms with Crippen molar-refractivity contribution in [2.75, 3.05) is 13.1 Å². The largest absolute Gasteiger partial charge is 0.339 e. The predicted molar refractivity (Wildman–Crippen MR) is 47.3 cm³/mol. The molecule has 0 aromatic carbocycles. The Hall–Kier alpha value is -0.790. The van der Waals surface area contributed by atoms with Gasteiger partial charge in [-0.25, -0.2) is 0 Å². The molecule has 2 heteroatoms. The smallest absolute Gasteiger partial charge is 0.245 e. The Balaban J connectivity index is 1.98. The van der Waals surface area contributed by atoms with Crippen LogP contribution in [0.15, 0.2) is 12.7 Å². The molecule has 2 rings (SSSR count). The van der Waals surface area contributed by atoms with Gasteiger partial charge in [-0.15, -0.1) is 0 Å². The Morgan fingerprint density at radius 3 is 2.50 bits per heavy atom. The van der Waals surface area contributed by atoms with Crippen LogP contribution in [0.1, 0.15) is 12.8 Å². The van der Waals surface area contributed by atoms with Crippen LogP contribution < -0.4 is 0 Å². The van der Waals surface area contributed by atoms with Crippen molar-refractivity contribution < 1.29 is 4.79 Å². The maximum absolute atomic E-state index is 11.2. The Labute approximate surface area is 73.2 Å². The Morgan fingerprint density at radius 2 is 2.00 bits per heavy atom. The number of fused-ring (bicyclic) bond motifs is 1. The van der Waals surface area contributed by atoms with Gasteiger partial charge in [0, 0.05) is 13.1 Å². The number of rotatable bonds is 1. The highest BCUT2D eigenvalue weighted by atomic mass is 16.2. The van der Waals surface area contributed by atoms with E-state index in [2.05, 4.69) is 13.0 Å². The van der Waals surface area contributed by atoms with E-state index < -0.39 is 0 Å². The summed E-state index contributed by atoms with van der Waals surface area (Å²) in [6.45, 7) is 5.40. The number of carbonyl (C=O) groups excluding carboxylic acids is 1. The predicted octanol–water partition coefficient (Wildman–Crippen LogP) is 1.25. The lowest BCUT2D eigenvalue weighted by atomic mass is 10.0. The fraction of sp³-hybridized carbons (Fsp3) is 0.600. The zero-order valence-electron chi connectivity index (χ0n) is 7.20. The lowest BCUT2D eigenvalue weighted by molar-refractivity contribution is -0.125. The zero-order chi connectivity index (χ0) is 8.55. The number of hydrogen-bond donors (Lipinski definition) is 0. The summed E-state index contributed by atoms with van der Waals surface area (Å²) in [4.78, 5) is 13.2. The topological polar surface area (TPSA) is 20.3 Å². The summed E-state index contributed by atoms with van der Waals surface area (Å²) in [6, 6.07) is 0. The number of nitrogens with zero attached hydrogens (tertiary/aromatic N) is 1. The first-order valence-corrected chi connectivity index (χ1v) is 4.54. The second-order valence-electron chi connectivity index (χ2n) is 3.73. The van der Waals surface area contributed by atoms with E-state index in [0.29, 0.717) is 0 Å². The SMILES string of the molecule is C=CC(=O)N1CC2C[CH]CC2C1. The maximum Gasteiger partial charge on any atom is 0.245 e. The average Bonchev–Trinajstić information content (AvgIpc) is 2.60. The summed E-state index contributed by atoms with van der Waals surface area (Å²) in [5, 5.41) is 0. The molecular weight excluding hydrogens is 150 g/mol. The molecule has 65 valence electrons. The van der Waals surface area contributed by atoms with E-state index in [1.165, 1.54) is 18.9 Å². The molecule has 2 fully saturated rings. The highest BCUT2D eigenvalue weighted by Gasteiger charge is 2.37. The number of hydrogen-bond acceptors (Lipinski definition) is 1. The highest BCUT2D eigenvalue weighted by Crippen LogP contribution is 2.36. The second kappa shape index (κ2) is 2.92. The van der Waals surface area contributed by atoms with Crippen LogP contribution in [0, 0.1) is 18.3 Å².